The largest absolute Gasteiger partial charge is 0.480 e. The maximum Gasteiger partial charge on any atom is 0.354 e. The van der Waals surface area contributed by atoms with Gasteiger partial charge in [-0.15, -0.1) is 0 Å². The van der Waals surface area contributed by atoms with Gasteiger partial charge in [0.15, 0.2) is 0 Å². The molecule has 2 N–H and O–H groups in total. The number of ether oxygens (including phenoxy) is 1. The van der Waals surface area contributed by atoms with Gasteiger partial charge in [-0.2, -0.15) is 0 Å². The molecule has 118 valence electrons. The second-order valence-corrected chi connectivity index (χ2v) is 9.35. The molecule has 2 heterocycles. The number of carbonyl (C=O) groups excluding carboxylic acids is 2. The monoisotopic (exact) mass is 317 g/mol. The highest BCUT2D eigenvalue weighted by atomic mass is 32.3. The van der Waals surface area contributed by atoms with Gasteiger partial charge in [0.1, 0.15) is 12.6 Å². The second-order valence-electron chi connectivity index (χ2n) is 5.58. The summed E-state index contributed by atoms with van der Waals surface area (Å²) in [5, 5.41) is 18.2. The predicted molar refractivity (Wildman–Crippen MR) is 77.0 cm³/mol. The maximum absolute atomic E-state index is 12.5. The lowest BCUT2D eigenvalue weighted by atomic mass is 9.98. The highest BCUT2D eigenvalue weighted by Gasteiger charge is 2.72. The molecule has 0 saturated carbocycles. The van der Waals surface area contributed by atoms with Gasteiger partial charge in [-0.05, 0) is 13.8 Å². The minimum atomic E-state index is -2.53. The number of aliphatic carboxylic acids is 1. The van der Waals surface area contributed by atoms with Crippen molar-refractivity contribution < 1.29 is 29.3 Å². The van der Waals surface area contributed by atoms with Gasteiger partial charge in [0.05, 0.1) is 17.7 Å². The SMILES string of the molecule is C=CCOC(=O)S1(CO)[C@@H]2CC(=O)N2[C@@H](C(=O)O)C1(C)C. The van der Waals surface area contributed by atoms with Crippen molar-refractivity contribution in [1.82, 2.24) is 4.90 Å². The van der Waals surface area contributed by atoms with E-state index in [-0.39, 0.29) is 18.9 Å². The first-order valence-electron chi connectivity index (χ1n) is 6.47. The molecule has 8 heteroatoms. The van der Waals surface area contributed by atoms with Crippen molar-refractivity contribution in [3.05, 3.63) is 12.7 Å². The van der Waals surface area contributed by atoms with Gasteiger partial charge in [-0.3, -0.25) is 4.79 Å². The topological polar surface area (TPSA) is 104 Å². The normalized spacial score (nSPS) is 36.1. The minimum absolute atomic E-state index is 0.0118. The quantitative estimate of drug-likeness (QED) is 0.453. The number of hydrogen-bond acceptors (Lipinski definition) is 5. The molecular formula is C13H19NO6S. The summed E-state index contributed by atoms with van der Waals surface area (Å²) in [7, 11) is -2.53. The molecule has 7 nitrogen and oxygen atoms in total. The van der Waals surface area contributed by atoms with Crippen molar-refractivity contribution in [3.8, 4) is 0 Å². The molecule has 0 aromatic rings. The first kappa shape index (κ1) is 15.8. The van der Waals surface area contributed by atoms with Crippen molar-refractivity contribution >= 4 is 27.2 Å². The number of aliphatic hydroxyl groups is 1. The summed E-state index contributed by atoms with van der Waals surface area (Å²) >= 11 is 0. The van der Waals surface area contributed by atoms with E-state index in [0.717, 1.165) is 0 Å². The Hall–Kier alpha value is -1.54. The molecule has 3 atom stereocenters. The van der Waals surface area contributed by atoms with Crippen molar-refractivity contribution in [1.29, 1.82) is 0 Å². The number of hydrogen-bond donors (Lipinski definition) is 2. The van der Waals surface area contributed by atoms with E-state index in [1.165, 1.54) is 11.0 Å². The summed E-state index contributed by atoms with van der Waals surface area (Å²) in [4.78, 5) is 37.1. The molecule has 2 aliphatic rings. The Bertz CT molecular complexity index is 519. The van der Waals surface area contributed by atoms with E-state index < -0.39 is 43.4 Å². The number of rotatable bonds is 4. The first-order valence-corrected chi connectivity index (χ1v) is 8.34. The minimum Gasteiger partial charge on any atom is -0.480 e. The van der Waals surface area contributed by atoms with Crippen LogP contribution in [0.4, 0.5) is 4.79 Å². The lowest BCUT2D eigenvalue weighted by Gasteiger charge is -2.47. The van der Waals surface area contributed by atoms with Gasteiger partial charge in [0, 0.05) is 4.75 Å². The Kier molecular flexibility index (Phi) is 3.79. The average Bonchev–Trinajstić information content (AvgIpc) is 2.57. The Labute approximate surface area is 123 Å². The number of carboxylic acid groups (broad SMARTS) is 1. The number of carbonyl (C=O) groups is 3. The highest BCUT2D eigenvalue weighted by Crippen LogP contribution is 2.73. The summed E-state index contributed by atoms with van der Waals surface area (Å²) in [5.74, 6) is -1.97. The lowest BCUT2D eigenvalue weighted by molar-refractivity contribution is -0.157. The van der Waals surface area contributed by atoms with E-state index in [1.54, 1.807) is 13.8 Å². The summed E-state index contributed by atoms with van der Waals surface area (Å²) in [6.45, 7) is 6.66. The van der Waals surface area contributed by atoms with E-state index in [0.29, 0.717) is 0 Å². The number of β-lactam (4-membered cyclic amide) rings is 1. The Morgan fingerprint density at radius 3 is 2.57 bits per heavy atom. The van der Waals surface area contributed by atoms with Crippen LogP contribution in [-0.4, -0.2) is 61.0 Å². The molecule has 0 spiro atoms. The van der Waals surface area contributed by atoms with Crippen molar-refractivity contribution in [2.24, 2.45) is 0 Å². The van der Waals surface area contributed by atoms with Gasteiger partial charge in [-0.1, -0.05) is 22.7 Å². The summed E-state index contributed by atoms with van der Waals surface area (Å²) in [6, 6.07) is -1.12. The molecule has 1 amide bonds. The van der Waals surface area contributed by atoms with Gasteiger partial charge in [0.25, 0.3) is 0 Å². The van der Waals surface area contributed by atoms with Crippen LogP contribution in [0.5, 0.6) is 0 Å². The van der Waals surface area contributed by atoms with Crippen LogP contribution in [0, 0.1) is 0 Å². The van der Waals surface area contributed by atoms with Gasteiger partial charge >= 0.3 is 11.3 Å². The van der Waals surface area contributed by atoms with Crippen LogP contribution in [0.3, 0.4) is 0 Å². The molecule has 0 aromatic heterocycles. The Morgan fingerprint density at radius 2 is 2.19 bits per heavy atom. The number of aliphatic hydroxyl groups excluding tert-OH is 1. The summed E-state index contributed by atoms with van der Waals surface area (Å²) in [5.41, 5.74) is 0. The average molecular weight is 317 g/mol. The number of amides is 1. The van der Waals surface area contributed by atoms with Gasteiger partial charge in [0.2, 0.25) is 5.91 Å². The smallest absolute Gasteiger partial charge is 0.354 e. The standard InChI is InChI=1S/C13H19NO6S/c1-4-5-20-12(19)21(7-15)9-6-8(16)14(9)10(11(17)18)13(21,2)3/h4,9-10,15H,1,5-7H2,2-3H3,(H,17,18)/t9-,10+/m1/s1. The van der Waals surface area contributed by atoms with Crippen LogP contribution < -0.4 is 0 Å². The fourth-order valence-electron chi connectivity index (χ4n) is 3.21. The van der Waals surface area contributed by atoms with Crippen LogP contribution >= 0.6 is 10.0 Å². The summed E-state index contributed by atoms with van der Waals surface area (Å²) < 4.78 is 4.04. The van der Waals surface area contributed by atoms with E-state index >= 15 is 0 Å². The first-order chi connectivity index (χ1) is 9.75. The van der Waals surface area contributed by atoms with Gasteiger partial charge < -0.3 is 19.8 Å². The molecule has 0 bridgehead atoms. The zero-order valence-corrected chi connectivity index (χ0v) is 12.8. The fraction of sp³-hybridized carbons (Fsp3) is 0.615. The van der Waals surface area contributed by atoms with E-state index in [9.17, 15) is 24.6 Å². The zero-order valence-electron chi connectivity index (χ0n) is 11.9. The molecular weight excluding hydrogens is 298 g/mol. The van der Waals surface area contributed by atoms with Crippen LogP contribution in [-0.2, 0) is 14.3 Å². The molecule has 0 aliphatic carbocycles. The number of fused-ring (bicyclic) bond motifs is 1. The van der Waals surface area contributed by atoms with E-state index in [1.807, 2.05) is 0 Å². The highest BCUT2D eigenvalue weighted by molar-refractivity contribution is 8.46. The predicted octanol–water partition coefficient (Wildman–Crippen LogP) is 0.867. The second kappa shape index (κ2) is 5.03. The van der Waals surface area contributed by atoms with Crippen molar-refractivity contribution in [2.45, 2.75) is 36.4 Å². The molecule has 0 radical (unpaired) electrons. The Morgan fingerprint density at radius 1 is 1.57 bits per heavy atom. The van der Waals surface area contributed by atoms with E-state index in [4.69, 9.17) is 4.74 Å². The third-order valence-electron chi connectivity index (χ3n) is 4.34. The number of carboxylic acids is 1. The third kappa shape index (κ3) is 1.82. The third-order valence-corrected chi connectivity index (χ3v) is 8.88. The molecule has 21 heavy (non-hydrogen) atoms. The summed E-state index contributed by atoms with van der Waals surface area (Å²) in [6.07, 6.45) is 1.48. The van der Waals surface area contributed by atoms with Crippen LogP contribution in [0.25, 0.3) is 0 Å². The lowest BCUT2D eigenvalue weighted by Crippen LogP contribution is -2.57. The molecule has 2 rings (SSSR count). The molecule has 2 fully saturated rings. The van der Waals surface area contributed by atoms with Crippen LogP contribution in [0.2, 0.25) is 0 Å². The van der Waals surface area contributed by atoms with Crippen LogP contribution in [0.1, 0.15) is 20.3 Å². The van der Waals surface area contributed by atoms with Crippen molar-refractivity contribution in [3.63, 3.8) is 0 Å². The maximum atomic E-state index is 12.5. The van der Waals surface area contributed by atoms with Gasteiger partial charge in [-0.25, -0.2) is 9.59 Å². The van der Waals surface area contributed by atoms with Crippen LogP contribution in [0.15, 0.2) is 12.7 Å². The Balaban J connectivity index is 2.49. The zero-order chi connectivity index (χ0) is 16.0. The molecule has 0 aromatic carbocycles. The van der Waals surface area contributed by atoms with Crippen molar-refractivity contribution in [2.75, 3.05) is 12.5 Å². The molecule has 1 unspecified atom stereocenters. The van der Waals surface area contributed by atoms with E-state index in [2.05, 4.69) is 6.58 Å². The number of nitrogens with zero attached hydrogens (tertiary/aromatic N) is 1. The molecule has 2 aliphatic heterocycles. The molecule has 2 saturated heterocycles. The fourth-order valence-corrected chi connectivity index (χ4v) is 7.12.